The lowest BCUT2D eigenvalue weighted by atomic mass is 10.1. The van der Waals surface area contributed by atoms with Gasteiger partial charge in [-0.3, -0.25) is 10.1 Å². The van der Waals surface area contributed by atoms with Crippen LogP contribution in [0.1, 0.15) is 6.42 Å². The molecule has 9 heteroatoms. The number of para-hydroxylation sites is 1. The maximum Gasteiger partial charge on any atom is 0.250 e. The number of methoxy groups -OCH3 is 1. The van der Waals surface area contributed by atoms with Crippen LogP contribution in [-0.2, 0) is 4.79 Å². The van der Waals surface area contributed by atoms with E-state index < -0.39 is 0 Å². The minimum Gasteiger partial charge on any atom is -0.496 e. The Morgan fingerprint density at radius 3 is 2.79 bits per heavy atom. The maximum absolute atomic E-state index is 12.2. The molecule has 0 saturated heterocycles. The molecule has 0 spiro atoms. The van der Waals surface area contributed by atoms with Gasteiger partial charge in [-0.2, -0.15) is 4.98 Å². The van der Waals surface area contributed by atoms with Crippen LogP contribution in [0.5, 0.6) is 11.5 Å². The average molecular weight is 429 g/mol. The third-order valence-corrected chi connectivity index (χ3v) is 5.20. The number of benzene rings is 2. The Hall–Kier alpha value is -3.10. The number of anilines is 1. The highest BCUT2D eigenvalue weighted by molar-refractivity contribution is 7.15. The summed E-state index contributed by atoms with van der Waals surface area (Å²) in [6, 6.07) is 14.7. The van der Waals surface area contributed by atoms with E-state index in [1.165, 1.54) is 11.3 Å². The van der Waals surface area contributed by atoms with Crippen molar-refractivity contribution in [2.45, 2.75) is 6.42 Å². The topological polar surface area (TPSA) is 77.8 Å². The van der Waals surface area contributed by atoms with E-state index in [4.69, 9.17) is 21.1 Å². The van der Waals surface area contributed by atoms with E-state index in [1.54, 1.807) is 35.9 Å². The summed E-state index contributed by atoms with van der Waals surface area (Å²) >= 11 is 7.28. The number of aromatic nitrogens is 3. The molecule has 0 unspecified atom stereocenters. The van der Waals surface area contributed by atoms with Gasteiger partial charge in [0, 0.05) is 16.0 Å². The largest absolute Gasteiger partial charge is 0.496 e. The Bertz CT molecular complexity index is 1140. The number of fused-ring (bicyclic) bond motifs is 1. The number of halogens is 1. The first-order chi connectivity index (χ1) is 14.1. The monoisotopic (exact) mass is 428 g/mol. The lowest BCUT2D eigenvalue weighted by Crippen LogP contribution is -2.16. The number of nitrogens with one attached hydrogen (secondary N) is 1. The average Bonchev–Trinajstić information content (AvgIpc) is 3.29. The zero-order valence-electron chi connectivity index (χ0n) is 15.5. The summed E-state index contributed by atoms with van der Waals surface area (Å²) < 4.78 is 12.7. The highest BCUT2D eigenvalue weighted by Gasteiger charge is 2.15. The van der Waals surface area contributed by atoms with Gasteiger partial charge in [0.05, 0.1) is 25.8 Å². The minimum atomic E-state index is -0.226. The molecule has 0 fully saturated rings. The Kier molecular flexibility index (Phi) is 5.64. The third-order valence-electron chi connectivity index (χ3n) is 4.13. The van der Waals surface area contributed by atoms with Gasteiger partial charge in [0.15, 0.2) is 0 Å². The van der Waals surface area contributed by atoms with Gasteiger partial charge in [0.2, 0.25) is 16.8 Å². The van der Waals surface area contributed by atoms with Crippen molar-refractivity contribution in [2.24, 2.45) is 0 Å². The first kappa shape index (κ1) is 19.2. The molecule has 0 atom stereocenters. The molecule has 0 aliphatic heterocycles. The zero-order valence-corrected chi connectivity index (χ0v) is 17.0. The van der Waals surface area contributed by atoms with Gasteiger partial charge < -0.3 is 9.47 Å². The molecule has 0 radical (unpaired) electrons. The number of ether oxygens (including phenoxy) is 2. The van der Waals surface area contributed by atoms with E-state index in [9.17, 15) is 4.79 Å². The SMILES string of the molecule is COc1ccccc1-c1csc2nc(NC(=O)CCOc3ccc(Cl)cc3)nn12. The Labute approximate surface area is 175 Å². The van der Waals surface area contributed by atoms with Crippen LogP contribution in [-0.4, -0.2) is 34.2 Å². The van der Waals surface area contributed by atoms with E-state index in [-0.39, 0.29) is 24.9 Å². The molecule has 148 valence electrons. The molecular weight excluding hydrogens is 412 g/mol. The Morgan fingerprint density at radius 2 is 2.00 bits per heavy atom. The standard InChI is InChI=1S/C20H17ClN4O3S/c1-27-17-5-3-2-4-15(17)16-12-29-20-23-19(24-25(16)20)22-18(26)10-11-28-14-8-6-13(21)7-9-14/h2-9,12H,10-11H2,1H3,(H,22,24,26). The van der Waals surface area contributed by atoms with Crippen LogP contribution in [0.3, 0.4) is 0 Å². The van der Waals surface area contributed by atoms with Crippen molar-refractivity contribution < 1.29 is 14.3 Å². The van der Waals surface area contributed by atoms with Gasteiger partial charge in [-0.25, -0.2) is 4.52 Å². The van der Waals surface area contributed by atoms with Gasteiger partial charge >= 0.3 is 0 Å². The number of thiazole rings is 1. The summed E-state index contributed by atoms with van der Waals surface area (Å²) in [6.45, 7) is 0.238. The van der Waals surface area contributed by atoms with Crippen molar-refractivity contribution in [3.63, 3.8) is 0 Å². The number of carbonyl (C=O) groups is 1. The number of carbonyl (C=O) groups excluding carboxylic acids is 1. The molecule has 0 saturated carbocycles. The van der Waals surface area contributed by atoms with Gasteiger partial charge in [0.1, 0.15) is 11.5 Å². The smallest absolute Gasteiger partial charge is 0.250 e. The molecule has 4 rings (SSSR count). The Morgan fingerprint density at radius 1 is 1.21 bits per heavy atom. The van der Waals surface area contributed by atoms with Gasteiger partial charge in [-0.1, -0.05) is 23.7 Å². The second-order valence-electron chi connectivity index (χ2n) is 6.05. The predicted octanol–water partition coefficient (Wildman–Crippen LogP) is 4.53. The number of hydrogen-bond donors (Lipinski definition) is 1. The van der Waals surface area contributed by atoms with Crippen LogP contribution in [0.2, 0.25) is 5.02 Å². The molecule has 2 aromatic heterocycles. The van der Waals surface area contributed by atoms with Crippen molar-refractivity contribution in [3.05, 3.63) is 58.9 Å². The molecule has 1 N–H and O–H groups in total. The van der Waals surface area contributed by atoms with Crippen molar-refractivity contribution in [1.82, 2.24) is 14.6 Å². The fourth-order valence-electron chi connectivity index (χ4n) is 2.76. The summed E-state index contributed by atoms with van der Waals surface area (Å²) in [5.74, 6) is 1.43. The summed E-state index contributed by atoms with van der Waals surface area (Å²) in [5, 5.41) is 9.72. The second-order valence-corrected chi connectivity index (χ2v) is 7.32. The van der Waals surface area contributed by atoms with Crippen LogP contribution in [0, 0.1) is 0 Å². The molecular formula is C20H17ClN4O3S. The fourth-order valence-corrected chi connectivity index (χ4v) is 3.70. The maximum atomic E-state index is 12.2. The van der Waals surface area contributed by atoms with Crippen LogP contribution in [0.25, 0.3) is 16.2 Å². The van der Waals surface area contributed by atoms with Crippen molar-refractivity contribution in [1.29, 1.82) is 0 Å². The zero-order chi connectivity index (χ0) is 20.2. The molecule has 1 amide bonds. The number of rotatable bonds is 7. The number of hydrogen-bond acceptors (Lipinski definition) is 6. The van der Waals surface area contributed by atoms with Gasteiger partial charge in [-0.05, 0) is 36.4 Å². The molecule has 7 nitrogen and oxygen atoms in total. The molecule has 0 aliphatic rings. The van der Waals surface area contributed by atoms with Gasteiger partial charge in [0.25, 0.3) is 0 Å². The lowest BCUT2D eigenvalue weighted by Gasteiger charge is -2.06. The minimum absolute atomic E-state index is 0.175. The highest BCUT2D eigenvalue weighted by Crippen LogP contribution is 2.32. The van der Waals surface area contributed by atoms with E-state index in [1.807, 2.05) is 29.6 Å². The fraction of sp³-hybridized carbons (Fsp3) is 0.150. The predicted molar refractivity (Wildman–Crippen MR) is 113 cm³/mol. The van der Waals surface area contributed by atoms with Crippen molar-refractivity contribution in [2.75, 3.05) is 19.0 Å². The lowest BCUT2D eigenvalue weighted by molar-refractivity contribution is -0.116. The highest BCUT2D eigenvalue weighted by atomic mass is 35.5. The van der Waals surface area contributed by atoms with Crippen LogP contribution < -0.4 is 14.8 Å². The summed E-state index contributed by atoms with van der Waals surface area (Å²) in [7, 11) is 1.63. The molecule has 2 heterocycles. The Balaban J connectivity index is 1.41. The molecule has 4 aromatic rings. The van der Waals surface area contributed by atoms with Crippen LogP contribution in [0.4, 0.5) is 5.95 Å². The van der Waals surface area contributed by atoms with Crippen LogP contribution >= 0.6 is 22.9 Å². The number of nitrogens with zero attached hydrogens (tertiary/aromatic N) is 3. The summed E-state index contributed by atoms with van der Waals surface area (Å²) in [6.07, 6.45) is 0.175. The first-order valence-electron chi connectivity index (χ1n) is 8.80. The molecule has 0 bridgehead atoms. The van der Waals surface area contributed by atoms with E-state index >= 15 is 0 Å². The molecule has 0 aliphatic carbocycles. The van der Waals surface area contributed by atoms with E-state index in [0.29, 0.717) is 15.7 Å². The summed E-state index contributed by atoms with van der Waals surface area (Å²) in [5.41, 5.74) is 1.75. The summed E-state index contributed by atoms with van der Waals surface area (Å²) in [4.78, 5) is 17.2. The van der Waals surface area contributed by atoms with E-state index in [0.717, 1.165) is 17.0 Å². The van der Waals surface area contributed by atoms with E-state index in [2.05, 4.69) is 15.4 Å². The first-order valence-corrected chi connectivity index (χ1v) is 10.1. The van der Waals surface area contributed by atoms with Crippen molar-refractivity contribution >= 4 is 39.8 Å². The quantitative estimate of drug-likeness (QED) is 0.468. The second kappa shape index (κ2) is 8.50. The van der Waals surface area contributed by atoms with Gasteiger partial charge in [-0.15, -0.1) is 16.4 Å². The third kappa shape index (κ3) is 4.33. The van der Waals surface area contributed by atoms with Crippen LogP contribution in [0.15, 0.2) is 53.9 Å². The van der Waals surface area contributed by atoms with Crippen molar-refractivity contribution in [3.8, 4) is 22.8 Å². The normalized spacial score (nSPS) is 10.8. The molecule has 29 heavy (non-hydrogen) atoms. The molecule has 2 aromatic carbocycles. The number of amides is 1.